The van der Waals surface area contributed by atoms with Crippen LogP contribution in [0.4, 0.5) is 5.69 Å². The zero-order valence-electron chi connectivity index (χ0n) is 11.5. The molecule has 0 saturated heterocycles. The summed E-state index contributed by atoms with van der Waals surface area (Å²) in [7, 11) is 0. The minimum Gasteiger partial charge on any atom is -0.326 e. The first-order valence-corrected chi connectivity index (χ1v) is 7.75. The van der Waals surface area contributed by atoms with Crippen LogP contribution in [-0.4, -0.2) is 10.9 Å². The van der Waals surface area contributed by atoms with Crippen LogP contribution in [0.5, 0.6) is 0 Å². The predicted molar refractivity (Wildman–Crippen MR) is 87.9 cm³/mol. The molecule has 1 aromatic carbocycles. The molecule has 1 N–H and O–H groups in total. The molecule has 0 aliphatic carbocycles. The van der Waals surface area contributed by atoms with Gasteiger partial charge < -0.3 is 5.32 Å². The van der Waals surface area contributed by atoms with Gasteiger partial charge in [0, 0.05) is 33.9 Å². The van der Waals surface area contributed by atoms with Crippen LogP contribution in [-0.2, 0) is 4.79 Å². The number of carbonyl (C=O) groups is 1. The van der Waals surface area contributed by atoms with Crippen molar-refractivity contribution in [2.45, 2.75) is 19.3 Å². The first kappa shape index (κ1) is 14.0. The Morgan fingerprint density at radius 2 is 2.10 bits per heavy atom. The van der Waals surface area contributed by atoms with Gasteiger partial charge in [-0.1, -0.05) is 28.1 Å². The highest BCUT2D eigenvalue weighted by atomic mass is 79.9. The molecular formula is C17H15BrN2O. The first-order chi connectivity index (χ1) is 10.2. The van der Waals surface area contributed by atoms with Crippen molar-refractivity contribution in [3.8, 4) is 0 Å². The van der Waals surface area contributed by atoms with Crippen molar-refractivity contribution in [2.24, 2.45) is 0 Å². The normalized spacial score (nSPS) is 17.6. The summed E-state index contributed by atoms with van der Waals surface area (Å²) >= 11 is 3.51. The molecule has 0 fully saturated rings. The lowest BCUT2D eigenvalue weighted by Crippen LogP contribution is -2.11. The molecule has 0 atom stereocenters. The summed E-state index contributed by atoms with van der Waals surface area (Å²) < 4.78 is 0.983. The molecule has 1 aliphatic rings. The molecule has 0 saturated carbocycles. The minimum atomic E-state index is 0.0641. The van der Waals surface area contributed by atoms with Gasteiger partial charge in [-0.05, 0) is 43.2 Å². The molecule has 3 nitrogen and oxygen atoms in total. The van der Waals surface area contributed by atoms with E-state index in [9.17, 15) is 4.79 Å². The standard InChI is InChI=1S/C17H15BrN2O/c18-12-8-9-16-14(11-12)13(15-6-3-4-10-19-15)5-1-2-7-17(21)20-16/h3-6,8-11H,1-2,7H2,(H,20,21)/b13-5-. The van der Waals surface area contributed by atoms with E-state index in [1.165, 1.54) is 0 Å². The average molecular weight is 343 g/mol. The molecule has 106 valence electrons. The van der Waals surface area contributed by atoms with Crippen molar-refractivity contribution >= 4 is 33.1 Å². The van der Waals surface area contributed by atoms with Gasteiger partial charge in [-0.25, -0.2) is 0 Å². The fraction of sp³-hybridized carbons (Fsp3) is 0.176. The lowest BCUT2D eigenvalue weighted by molar-refractivity contribution is -0.116. The SMILES string of the molecule is O=C1CCC/C=C(\c2ccccn2)c2cc(Br)ccc2N1. The van der Waals surface area contributed by atoms with Crippen LogP contribution in [0.2, 0.25) is 0 Å². The van der Waals surface area contributed by atoms with Gasteiger partial charge in [-0.15, -0.1) is 0 Å². The van der Waals surface area contributed by atoms with Crippen LogP contribution in [0.25, 0.3) is 5.57 Å². The summed E-state index contributed by atoms with van der Waals surface area (Å²) in [5.74, 6) is 0.0641. The second kappa shape index (κ2) is 6.22. The summed E-state index contributed by atoms with van der Waals surface area (Å²) in [5.41, 5.74) is 3.82. The second-order valence-corrected chi connectivity index (χ2v) is 5.88. The van der Waals surface area contributed by atoms with Crippen LogP contribution in [0, 0.1) is 0 Å². The topological polar surface area (TPSA) is 42.0 Å². The van der Waals surface area contributed by atoms with E-state index in [4.69, 9.17) is 0 Å². The molecule has 4 heteroatoms. The first-order valence-electron chi connectivity index (χ1n) is 6.95. The Morgan fingerprint density at radius 1 is 1.19 bits per heavy atom. The van der Waals surface area contributed by atoms with Gasteiger partial charge in [-0.3, -0.25) is 9.78 Å². The number of aromatic nitrogens is 1. The number of carbonyl (C=O) groups excluding carboxylic acids is 1. The number of anilines is 1. The molecule has 2 heterocycles. The molecular weight excluding hydrogens is 328 g/mol. The quantitative estimate of drug-likeness (QED) is 0.834. The van der Waals surface area contributed by atoms with Crippen molar-refractivity contribution < 1.29 is 4.79 Å². The predicted octanol–water partition coefficient (Wildman–Crippen LogP) is 4.40. The van der Waals surface area contributed by atoms with Crippen molar-refractivity contribution in [3.05, 3.63) is 64.4 Å². The van der Waals surface area contributed by atoms with E-state index in [0.29, 0.717) is 6.42 Å². The van der Waals surface area contributed by atoms with Crippen LogP contribution in [0.1, 0.15) is 30.5 Å². The number of allylic oxidation sites excluding steroid dienone is 1. The number of hydrogen-bond donors (Lipinski definition) is 1. The average Bonchev–Trinajstić information content (AvgIpc) is 2.57. The van der Waals surface area contributed by atoms with Crippen LogP contribution >= 0.6 is 15.9 Å². The van der Waals surface area contributed by atoms with E-state index in [1.807, 2.05) is 36.4 Å². The highest BCUT2D eigenvalue weighted by molar-refractivity contribution is 9.10. The largest absolute Gasteiger partial charge is 0.326 e. The van der Waals surface area contributed by atoms with Gasteiger partial charge in [0.2, 0.25) is 5.91 Å². The number of fused-ring (bicyclic) bond motifs is 1. The van der Waals surface area contributed by atoms with Gasteiger partial charge in [0.25, 0.3) is 0 Å². The molecule has 2 aromatic rings. The van der Waals surface area contributed by atoms with E-state index in [1.54, 1.807) is 6.20 Å². The van der Waals surface area contributed by atoms with Crippen molar-refractivity contribution in [1.82, 2.24) is 4.98 Å². The Hall–Kier alpha value is -1.94. The number of nitrogens with one attached hydrogen (secondary N) is 1. The molecule has 1 amide bonds. The fourth-order valence-electron chi connectivity index (χ4n) is 2.44. The van der Waals surface area contributed by atoms with Gasteiger partial charge in [-0.2, -0.15) is 0 Å². The zero-order valence-corrected chi connectivity index (χ0v) is 13.1. The monoisotopic (exact) mass is 342 g/mol. The number of hydrogen-bond acceptors (Lipinski definition) is 2. The molecule has 21 heavy (non-hydrogen) atoms. The maximum Gasteiger partial charge on any atom is 0.224 e. The second-order valence-electron chi connectivity index (χ2n) is 4.96. The minimum absolute atomic E-state index is 0.0641. The smallest absolute Gasteiger partial charge is 0.224 e. The lowest BCUT2D eigenvalue weighted by Gasteiger charge is -2.13. The van der Waals surface area contributed by atoms with E-state index < -0.39 is 0 Å². The Bertz CT molecular complexity index is 695. The molecule has 0 radical (unpaired) electrons. The molecule has 3 rings (SSSR count). The van der Waals surface area contributed by atoms with Crippen molar-refractivity contribution in [2.75, 3.05) is 5.32 Å². The number of benzene rings is 1. The molecule has 0 unspecified atom stereocenters. The van der Waals surface area contributed by atoms with Crippen molar-refractivity contribution in [3.63, 3.8) is 0 Å². The summed E-state index contributed by atoms with van der Waals surface area (Å²) in [6, 6.07) is 11.8. The number of nitrogens with zero attached hydrogens (tertiary/aromatic N) is 1. The Kier molecular flexibility index (Phi) is 4.15. The summed E-state index contributed by atoms with van der Waals surface area (Å²) in [6.07, 6.45) is 6.22. The molecule has 1 aliphatic heterocycles. The van der Waals surface area contributed by atoms with Gasteiger partial charge in [0.15, 0.2) is 0 Å². The number of amides is 1. The van der Waals surface area contributed by atoms with E-state index in [0.717, 1.165) is 39.8 Å². The summed E-state index contributed by atoms with van der Waals surface area (Å²) in [4.78, 5) is 16.4. The fourth-order valence-corrected chi connectivity index (χ4v) is 2.81. The maximum atomic E-state index is 11.9. The highest BCUT2D eigenvalue weighted by Gasteiger charge is 2.15. The Balaban J connectivity index is 2.16. The van der Waals surface area contributed by atoms with Gasteiger partial charge >= 0.3 is 0 Å². The number of halogens is 1. The van der Waals surface area contributed by atoms with Crippen LogP contribution in [0.15, 0.2) is 53.1 Å². The Morgan fingerprint density at radius 3 is 2.90 bits per heavy atom. The molecule has 0 bridgehead atoms. The lowest BCUT2D eigenvalue weighted by atomic mass is 9.99. The third-order valence-electron chi connectivity index (χ3n) is 3.44. The zero-order chi connectivity index (χ0) is 14.7. The van der Waals surface area contributed by atoms with Crippen LogP contribution in [0.3, 0.4) is 0 Å². The van der Waals surface area contributed by atoms with Gasteiger partial charge in [0.05, 0.1) is 5.69 Å². The van der Waals surface area contributed by atoms with E-state index in [-0.39, 0.29) is 5.91 Å². The summed E-state index contributed by atoms with van der Waals surface area (Å²) in [6.45, 7) is 0. The van der Waals surface area contributed by atoms with Crippen LogP contribution < -0.4 is 5.32 Å². The molecule has 0 spiro atoms. The Labute approximate surface area is 132 Å². The summed E-state index contributed by atoms with van der Waals surface area (Å²) in [5, 5.41) is 3.00. The maximum absolute atomic E-state index is 11.9. The highest BCUT2D eigenvalue weighted by Crippen LogP contribution is 2.32. The third kappa shape index (κ3) is 3.22. The third-order valence-corrected chi connectivity index (χ3v) is 3.94. The molecule has 1 aromatic heterocycles. The van der Waals surface area contributed by atoms with Crippen molar-refractivity contribution in [1.29, 1.82) is 0 Å². The van der Waals surface area contributed by atoms with E-state index >= 15 is 0 Å². The number of pyridine rings is 1. The van der Waals surface area contributed by atoms with Gasteiger partial charge in [0.1, 0.15) is 0 Å². The van der Waals surface area contributed by atoms with E-state index in [2.05, 4.69) is 32.3 Å². The number of rotatable bonds is 1.